The summed E-state index contributed by atoms with van der Waals surface area (Å²) in [4.78, 5) is 16.1. The van der Waals surface area contributed by atoms with Crippen LogP contribution in [0.1, 0.15) is 16.1 Å². The highest BCUT2D eigenvalue weighted by molar-refractivity contribution is 7.79. The van der Waals surface area contributed by atoms with Gasteiger partial charge in [-0.3, -0.25) is 9.78 Å². The van der Waals surface area contributed by atoms with E-state index in [0.717, 1.165) is 5.69 Å². The highest BCUT2D eigenvalue weighted by Gasteiger charge is 2.13. The number of carbonyl (C=O) groups is 1. The summed E-state index contributed by atoms with van der Waals surface area (Å²) in [6.07, 6.45) is 1.44. The van der Waals surface area contributed by atoms with Crippen LogP contribution in [0.4, 0.5) is 5.69 Å². The number of hydrogen-bond donors (Lipinski definition) is 2. The smallest absolute Gasteiger partial charge is 0.257 e. The zero-order valence-electron chi connectivity index (χ0n) is 10.5. The Kier molecular flexibility index (Phi) is 4.49. The van der Waals surface area contributed by atoms with Crippen molar-refractivity contribution in [2.24, 2.45) is 0 Å². The first kappa shape index (κ1) is 14.6. The Morgan fingerprint density at radius 3 is 2.70 bits per heavy atom. The van der Waals surface area contributed by atoms with Crippen LogP contribution in [0.25, 0.3) is 0 Å². The molecule has 1 aromatic heterocycles. The Bertz CT molecular complexity index is 674. The van der Waals surface area contributed by atoms with Gasteiger partial charge in [0.15, 0.2) is 11.1 Å². The Hall–Kier alpha value is -1.76. The Morgan fingerprint density at radius 2 is 2.10 bits per heavy atom. The van der Waals surface area contributed by atoms with Gasteiger partial charge in [-0.05, 0) is 37.3 Å². The van der Waals surface area contributed by atoms with Gasteiger partial charge in [0.05, 0.1) is 16.1 Å². The molecular weight excluding hydrogens is 300 g/mol. The van der Waals surface area contributed by atoms with E-state index in [2.05, 4.69) is 10.3 Å². The van der Waals surface area contributed by atoms with E-state index in [4.69, 9.17) is 11.6 Å². The Morgan fingerprint density at radius 1 is 1.35 bits per heavy atom. The van der Waals surface area contributed by atoms with E-state index in [1.165, 1.54) is 24.4 Å². The number of aromatic nitrogens is 1. The maximum Gasteiger partial charge on any atom is 0.257 e. The second-order valence-electron chi connectivity index (χ2n) is 4.03. The molecule has 1 atom stereocenters. The van der Waals surface area contributed by atoms with Gasteiger partial charge in [0.2, 0.25) is 0 Å². The van der Waals surface area contributed by atoms with Crippen LogP contribution in [-0.2, 0) is 11.1 Å². The molecule has 2 N–H and O–H groups in total. The van der Waals surface area contributed by atoms with Crippen LogP contribution in [0, 0.1) is 6.92 Å². The molecule has 0 aliphatic rings. The van der Waals surface area contributed by atoms with Gasteiger partial charge in [0.1, 0.15) is 0 Å². The average Bonchev–Trinajstić information content (AvgIpc) is 2.41. The number of nitrogens with zero attached hydrogens (tertiary/aromatic N) is 1. The summed E-state index contributed by atoms with van der Waals surface area (Å²) >= 11 is 3.52. The molecule has 0 fully saturated rings. The molecule has 0 spiro atoms. The highest BCUT2D eigenvalue weighted by Crippen LogP contribution is 2.23. The lowest BCUT2D eigenvalue weighted by Crippen LogP contribution is -2.14. The number of benzene rings is 1. The maximum atomic E-state index is 12.0. The summed E-state index contributed by atoms with van der Waals surface area (Å²) in [5, 5.41) is 2.88. The molecule has 0 aliphatic heterocycles. The number of carbonyl (C=O) groups excluding carboxylic acids is 1. The van der Waals surface area contributed by atoms with Crippen molar-refractivity contribution in [1.29, 1.82) is 0 Å². The van der Waals surface area contributed by atoms with Crippen LogP contribution in [0.3, 0.4) is 0 Å². The molecule has 20 heavy (non-hydrogen) atoms. The molecule has 2 aromatic rings. The highest BCUT2D eigenvalue weighted by atomic mass is 35.5. The summed E-state index contributed by atoms with van der Waals surface area (Å²) in [6.45, 7) is 1.81. The SMILES string of the molecule is Cc1ccc(C(=O)Nc2ccc(Cl)cc2S(=O)O)cn1. The van der Waals surface area contributed by atoms with E-state index in [1.54, 1.807) is 12.1 Å². The Labute approximate surface area is 123 Å². The minimum atomic E-state index is -2.24. The number of aryl methyl sites for hydroxylation is 1. The van der Waals surface area contributed by atoms with Crippen molar-refractivity contribution < 1.29 is 13.6 Å². The van der Waals surface area contributed by atoms with Gasteiger partial charge in [-0.2, -0.15) is 0 Å². The van der Waals surface area contributed by atoms with Crippen LogP contribution >= 0.6 is 11.6 Å². The van der Waals surface area contributed by atoms with Gasteiger partial charge in [0.25, 0.3) is 5.91 Å². The minimum absolute atomic E-state index is 0.0471. The van der Waals surface area contributed by atoms with Crippen molar-refractivity contribution in [3.05, 3.63) is 52.8 Å². The van der Waals surface area contributed by atoms with E-state index < -0.39 is 17.0 Å². The third-order valence-corrected chi connectivity index (χ3v) is 3.50. The van der Waals surface area contributed by atoms with Crippen LogP contribution in [-0.4, -0.2) is 19.7 Å². The first-order chi connectivity index (χ1) is 9.47. The van der Waals surface area contributed by atoms with Crippen molar-refractivity contribution in [2.75, 3.05) is 5.32 Å². The number of halogens is 1. The molecule has 1 unspecified atom stereocenters. The quantitative estimate of drug-likeness (QED) is 0.854. The van der Waals surface area contributed by atoms with E-state index in [1.807, 2.05) is 6.92 Å². The molecule has 5 nitrogen and oxygen atoms in total. The summed E-state index contributed by atoms with van der Waals surface area (Å²) in [5.41, 5.74) is 1.39. The molecule has 1 heterocycles. The van der Waals surface area contributed by atoms with Gasteiger partial charge >= 0.3 is 0 Å². The average molecular weight is 311 g/mol. The van der Waals surface area contributed by atoms with Gasteiger partial charge < -0.3 is 9.87 Å². The normalized spacial score (nSPS) is 11.9. The van der Waals surface area contributed by atoms with Gasteiger partial charge in [0, 0.05) is 16.9 Å². The monoisotopic (exact) mass is 310 g/mol. The molecule has 1 amide bonds. The topological polar surface area (TPSA) is 79.3 Å². The largest absolute Gasteiger partial charge is 0.321 e. The molecule has 0 bridgehead atoms. The molecule has 1 aromatic carbocycles. The second kappa shape index (κ2) is 6.13. The summed E-state index contributed by atoms with van der Waals surface area (Å²) in [6, 6.07) is 7.68. The summed E-state index contributed by atoms with van der Waals surface area (Å²) < 4.78 is 20.4. The number of nitrogens with one attached hydrogen (secondary N) is 1. The fraction of sp³-hybridized carbons (Fsp3) is 0.0769. The third kappa shape index (κ3) is 3.41. The predicted molar refractivity (Wildman–Crippen MR) is 77.4 cm³/mol. The van der Waals surface area contributed by atoms with Crippen molar-refractivity contribution in [3.63, 3.8) is 0 Å². The lowest BCUT2D eigenvalue weighted by atomic mass is 10.2. The lowest BCUT2D eigenvalue weighted by molar-refractivity contribution is 0.102. The summed E-state index contributed by atoms with van der Waals surface area (Å²) in [7, 11) is 0. The number of amides is 1. The number of anilines is 1. The first-order valence-corrected chi connectivity index (χ1v) is 7.10. The predicted octanol–water partition coefficient (Wildman–Crippen LogP) is 2.88. The Balaban J connectivity index is 2.28. The van der Waals surface area contributed by atoms with Gasteiger partial charge in [-0.1, -0.05) is 11.6 Å². The number of hydrogen-bond acceptors (Lipinski definition) is 3. The standard InChI is InChI=1S/C13H11ClN2O3S/c1-8-2-3-9(7-15-8)13(17)16-11-5-4-10(14)6-12(11)20(18)19/h2-7H,1H3,(H,16,17)(H,18,19). The van der Waals surface area contributed by atoms with Crippen molar-refractivity contribution >= 4 is 34.3 Å². The van der Waals surface area contributed by atoms with E-state index >= 15 is 0 Å². The molecule has 7 heteroatoms. The van der Waals surface area contributed by atoms with Gasteiger partial charge in [-0.25, -0.2) is 4.21 Å². The van der Waals surface area contributed by atoms with Crippen LogP contribution in [0.5, 0.6) is 0 Å². The maximum absolute atomic E-state index is 12.0. The molecular formula is C13H11ClN2O3S. The molecule has 0 saturated heterocycles. The zero-order chi connectivity index (χ0) is 14.7. The van der Waals surface area contributed by atoms with Crippen LogP contribution < -0.4 is 5.32 Å². The van der Waals surface area contributed by atoms with Crippen LogP contribution in [0.2, 0.25) is 5.02 Å². The van der Waals surface area contributed by atoms with E-state index in [-0.39, 0.29) is 10.6 Å². The molecule has 0 aliphatic carbocycles. The third-order valence-electron chi connectivity index (χ3n) is 2.55. The van der Waals surface area contributed by atoms with Crippen molar-refractivity contribution in [3.8, 4) is 0 Å². The van der Waals surface area contributed by atoms with E-state index in [0.29, 0.717) is 10.6 Å². The fourth-order valence-electron chi connectivity index (χ4n) is 1.54. The number of pyridine rings is 1. The summed E-state index contributed by atoms with van der Waals surface area (Å²) in [5.74, 6) is -0.411. The van der Waals surface area contributed by atoms with Gasteiger partial charge in [-0.15, -0.1) is 0 Å². The number of rotatable bonds is 3. The minimum Gasteiger partial charge on any atom is -0.321 e. The molecule has 0 radical (unpaired) electrons. The molecule has 0 saturated carbocycles. The van der Waals surface area contributed by atoms with Crippen molar-refractivity contribution in [2.45, 2.75) is 11.8 Å². The lowest BCUT2D eigenvalue weighted by Gasteiger charge is -2.09. The molecule has 104 valence electrons. The first-order valence-electron chi connectivity index (χ1n) is 5.62. The van der Waals surface area contributed by atoms with Crippen molar-refractivity contribution in [1.82, 2.24) is 4.98 Å². The molecule has 2 rings (SSSR count). The van der Waals surface area contributed by atoms with E-state index in [9.17, 15) is 13.6 Å². The zero-order valence-corrected chi connectivity index (χ0v) is 12.0. The van der Waals surface area contributed by atoms with Crippen LogP contribution in [0.15, 0.2) is 41.4 Å². The fourth-order valence-corrected chi connectivity index (χ4v) is 2.31. The second-order valence-corrected chi connectivity index (χ2v) is 5.41.